The molecule has 2 aromatic rings. The van der Waals surface area contributed by atoms with Gasteiger partial charge in [0, 0.05) is 30.8 Å². The first-order valence-electron chi connectivity index (χ1n) is 6.35. The van der Waals surface area contributed by atoms with Crippen molar-refractivity contribution in [1.29, 1.82) is 0 Å². The Bertz CT molecular complexity index is 616. The van der Waals surface area contributed by atoms with Crippen LogP contribution in [0.25, 0.3) is 0 Å². The van der Waals surface area contributed by atoms with Crippen LogP contribution in [0.4, 0.5) is 0 Å². The molecule has 0 saturated carbocycles. The van der Waals surface area contributed by atoms with Crippen LogP contribution in [0.1, 0.15) is 27.2 Å². The molecular weight excluding hydrogens is 304 g/mol. The van der Waals surface area contributed by atoms with E-state index < -0.39 is 0 Å². The molecule has 0 fully saturated rings. The number of H-pyrrole nitrogens is 1. The third kappa shape index (κ3) is 2.45. The van der Waals surface area contributed by atoms with Crippen LogP contribution in [0.2, 0.25) is 0 Å². The summed E-state index contributed by atoms with van der Waals surface area (Å²) < 4.78 is 0.988. The number of amides is 1. The quantitative estimate of drug-likeness (QED) is 0.860. The zero-order chi connectivity index (χ0) is 13.4. The monoisotopic (exact) mass is 318 g/mol. The van der Waals surface area contributed by atoms with E-state index in [1.54, 1.807) is 0 Å². The molecule has 98 valence electrons. The maximum Gasteiger partial charge on any atom is 0.254 e. The molecule has 0 spiro atoms. The number of hydrogen-bond acceptors (Lipinski definition) is 1. The summed E-state index contributed by atoms with van der Waals surface area (Å²) in [6, 6.07) is 9.83. The highest BCUT2D eigenvalue weighted by Crippen LogP contribution is 2.23. The lowest BCUT2D eigenvalue weighted by atomic mass is 10.1. The van der Waals surface area contributed by atoms with Gasteiger partial charge in [-0.05, 0) is 46.6 Å². The van der Waals surface area contributed by atoms with E-state index in [9.17, 15) is 4.79 Å². The molecule has 0 atom stereocenters. The molecule has 19 heavy (non-hydrogen) atoms. The molecule has 1 aromatic carbocycles. The summed E-state index contributed by atoms with van der Waals surface area (Å²) in [6.07, 6.45) is 0.887. The molecule has 0 saturated heterocycles. The highest BCUT2D eigenvalue weighted by atomic mass is 79.9. The van der Waals surface area contributed by atoms with Crippen molar-refractivity contribution < 1.29 is 4.79 Å². The number of carbonyl (C=O) groups excluding carboxylic acids is 1. The molecule has 1 N–H and O–H groups in total. The number of halogens is 1. The van der Waals surface area contributed by atoms with Crippen molar-refractivity contribution in [2.24, 2.45) is 0 Å². The number of benzene rings is 1. The smallest absolute Gasteiger partial charge is 0.254 e. The number of aryl methyl sites for hydroxylation is 1. The van der Waals surface area contributed by atoms with Crippen LogP contribution in [0, 0.1) is 6.92 Å². The molecule has 1 aromatic heterocycles. The summed E-state index contributed by atoms with van der Waals surface area (Å²) in [5.41, 5.74) is 4.38. The topological polar surface area (TPSA) is 36.1 Å². The standard InChI is InChI=1S/C15H15BrN2O/c1-10-2-4-11(5-3-10)15(19)18-7-6-13-12(9-18)8-14(16)17-13/h2-5,8,17H,6-7,9H2,1H3. The first-order chi connectivity index (χ1) is 9.13. The van der Waals surface area contributed by atoms with E-state index in [0.29, 0.717) is 6.54 Å². The van der Waals surface area contributed by atoms with Crippen molar-refractivity contribution in [3.05, 3.63) is 57.3 Å². The van der Waals surface area contributed by atoms with E-state index in [1.807, 2.05) is 36.1 Å². The van der Waals surface area contributed by atoms with Gasteiger partial charge >= 0.3 is 0 Å². The Kier molecular flexibility index (Phi) is 3.19. The van der Waals surface area contributed by atoms with Crippen molar-refractivity contribution in [3.63, 3.8) is 0 Å². The average Bonchev–Trinajstić information content (AvgIpc) is 2.77. The third-order valence-electron chi connectivity index (χ3n) is 3.54. The van der Waals surface area contributed by atoms with E-state index >= 15 is 0 Å². The van der Waals surface area contributed by atoms with Crippen molar-refractivity contribution in [1.82, 2.24) is 9.88 Å². The fourth-order valence-corrected chi connectivity index (χ4v) is 2.96. The van der Waals surface area contributed by atoms with Crippen LogP contribution < -0.4 is 0 Å². The van der Waals surface area contributed by atoms with Gasteiger partial charge in [-0.25, -0.2) is 0 Å². The Hall–Kier alpha value is -1.55. The van der Waals surface area contributed by atoms with Gasteiger partial charge in [0.15, 0.2) is 0 Å². The van der Waals surface area contributed by atoms with Crippen LogP contribution >= 0.6 is 15.9 Å². The number of aromatic nitrogens is 1. The molecule has 1 aliphatic rings. The predicted octanol–water partition coefficient (Wildman–Crippen LogP) is 3.28. The van der Waals surface area contributed by atoms with E-state index in [2.05, 4.69) is 27.0 Å². The third-order valence-corrected chi connectivity index (χ3v) is 3.96. The normalized spacial score (nSPS) is 14.3. The van der Waals surface area contributed by atoms with E-state index in [1.165, 1.54) is 16.8 Å². The van der Waals surface area contributed by atoms with Crippen LogP contribution in [0.3, 0.4) is 0 Å². The van der Waals surface area contributed by atoms with Gasteiger partial charge in [-0.3, -0.25) is 4.79 Å². The number of nitrogens with zero attached hydrogens (tertiary/aromatic N) is 1. The van der Waals surface area contributed by atoms with Gasteiger partial charge in [-0.1, -0.05) is 17.7 Å². The second-order valence-electron chi connectivity index (χ2n) is 4.96. The number of fused-ring (bicyclic) bond motifs is 1. The Balaban J connectivity index is 1.81. The zero-order valence-corrected chi connectivity index (χ0v) is 12.3. The van der Waals surface area contributed by atoms with Crippen molar-refractivity contribution in [3.8, 4) is 0 Å². The molecular formula is C15H15BrN2O. The van der Waals surface area contributed by atoms with E-state index in [0.717, 1.165) is 23.1 Å². The Morgan fingerprint density at radius 1 is 1.32 bits per heavy atom. The lowest BCUT2D eigenvalue weighted by molar-refractivity contribution is 0.0734. The number of aromatic amines is 1. The number of nitrogens with one attached hydrogen (secondary N) is 1. The fourth-order valence-electron chi connectivity index (χ4n) is 2.45. The van der Waals surface area contributed by atoms with Crippen molar-refractivity contribution in [2.75, 3.05) is 6.54 Å². The first-order valence-corrected chi connectivity index (χ1v) is 7.15. The molecule has 0 radical (unpaired) electrons. The Labute approximate surface area is 120 Å². The lowest BCUT2D eigenvalue weighted by Crippen LogP contribution is -2.35. The maximum atomic E-state index is 12.4. The first kappa shape index (κ1) is 12.5. The molecule has 1 amide bonds. The maximum absolute atomic E-state index is 12.4. The summed E-state index contributed by atoms with van der Waals surface area (Å²) in [5.74, 6) is 0.114. The van der Waals surface area contributed by atoms with Gasteiger partial charge in [0.25, 0.3) is 5.91 Å². The molecule has 0 bridgehead atoms. The van der Waals surface area contributed by atoms with Crippen LogP contribution in [0.15, 0.2) is 34.9 Å². The van der Waals surface area contributed by atoms with Gasteiger partial charge in [-0.15, -0.1) is 0 Å². The van der Waals surface area contributed by atoms with Crippen LogP contribution in [-0.2, 0) is 13.0 Å². The second-order valence-corrected chi connectivity index (χ2v) is 5.82. The van der Waals surface area contributed by atoms with Crippen molar-refractivity contribution >= 4 is 21.8 Å². The van der Waals surface area contributed by atoms with Gasteiger partial charge in [0.1, 0.15) is 0 Å². The summed E-state index contributed by atoms with van der Waals surface area (Å²) in [6.45, 7) is 3.48. The molecule has 3 rings (SSSR count). The van der Waals surface area contributed by atoms with Crippen LogP contribution in [0.5, 0.6) is 0 Å². The molecule has 1 aliphatic heterocycles. The molecule has 3 nitrogen and oxygen atoms in total. The summed E-state index contributed by atoms with van der Waals surface area (Å²) >= 11 is 3.44. The predicted molar refractivity (Wildman–Crippen MR) is 78.1 cm³/mol. The number of carbonyl (C=O) groups is 1. The second kappa shape index (κ2) is 4.85. The zero-order valence-electron chi connectivity index (χ0n) is 10.7. The van der Waals surface area contributed by atoms with Gasteiger partial charge < -0.3 is 9.88 Å². The Morgan fingerprint density at radius 3 is 2.79 bits per heavy atom. The minimum atomic E-state index is 0.114. The number of rotatable bonds is 1. The molecule has 2 heterocycles. The lowest BCUT2D eigenvalue weighted by Gasteiger charge is -2.27. The minimum absolute atomic E-state index is 0.114. The molecule has 0 unspecified atom stereocenters. The molecule has 4 heteroatoms. The van der Waals surface area contributed by atoms with Gasteiger partial charge in [-0.2, -0.15) is 0 Å². The van der Waals surface area contributed by atoms with Crippen molar-refractivity contribution in [2.45, 2.75) is 19.9 Å². The Morgan fingerprint density at radius 2 is 2.05 bits per heavy atom. The summed E-state index contributed by atoms with van der Waals surface area (Å²) in [4.78, 5) is 17.6. The van der Waals surface area contributed by atoms with Gasteiger partial charge in [0.2, 0.25) is 0 Å². The molecule has 0 aliphatic carbocycles. The van der Waals surface area contributed by atoms with Gasteiger partial charge in [0.05, 0.1) is 4.60 Å². The van der Waals surface area contributed by atoms with E-state index in [4.69, 9.17) is 0 Å². The SMILES string of the molecule is Cc1ccc(C(=O)N2CCc3[nH]c(Br)cc3C2)cc1. The largest absolute Gasteiger partial charge is 0.353 e. The van der Waals surface area contributed by atoms with Crippen LogP contribution in [-0.4, -0.2) is 22.3 Å². The summed E-state index contributed by atoms with van der Waals surface area (Å²) in [5, 5.41) is 0. The highest BCUT2D eigenvalue weighted by Gasteiger charge is 2.22. The highest BCUT2D eigenvalue weighted by molar-refractivity contribution is 9.10. The minimum Gasteiger partial charge on any atom is -0.353 e. The average molecular weight is 319 g/mol. The number of hydrogen-bond donors (Lipinski definition) is 1. The summed E-state index contributed by atoms with van der Waals surface area (Å²) in [7, 11) is 0. The van der Waals surface area contributed by atoms with E-state index in [-0.39, 0.29) is 5.91 Å². The fraction of sp³-hybridized carbons (Fsp3) is 0.267.